The molecule has 6 N–H and O–H groups in total. The average Bonchev–Trinajstić information content (AvgIpc) is 3.73. The normalized spacial score (nSPS) is 33.2. The number of nitrogens with two attached hydrogens (primary N) is 1. The van der Waals surface area contributed by atoms with E-state index in [2.05, 4.69) is 86.8 Å². The van der Waals surface area contributed by atoms with E-state index in [1.165, 1.54) is 12.0 Å². The fourth-order valence-corrected chi connectivity index (χ4v) is 9.85. The molecule has 5 aliphatic rings. The van der Waals surface area contributed by atoms with E-state index in [0.29, 0.717) is 35.7 Å². The van der Waals surface area contributed by atoms with Crippen LogP contribution in [0, 0.1) is 35.0 Å². The van der Waals surface area contributed by atoms with E-state index in [1.54, 1.807) is 14.0 Å². The van der Waals surface area contributed by atoms with Crippen molar-refractivity contribution in [1.29, 1.82) is 0 Å². The second-order valence-corrected chi connectivity index (χ2v) is 16.3. The Kier molecular flexibility index (Phi) is 11.3. The van der Waals surface area contributed by atoms with Crippen LogP contribution in [0.5, 0.6) is 5.75 Å². The van der Waals surface area contributed by atoms with Crippen molar-refractivity contribution in [1.82, 2.24) is 10.6 Å². The largest absolute Gasteiger partial charge is 0.496 e. The number of ether oxygens (including phenoxy) is 3. The van der Waals surface area contributed by atoms with Crippen molar-refractivity contribution in [3.8, 4) is 16.9 Å². The molecule has 11 atom stereocenters. The molecule has 2 heterocycles. The van der Waals surface area contributed by atoms with Gasteiger partial charge in [0.25, 0.3) is 0 Å². The van der Waals surface area contributed by atoms with Crippen molar-refractivity contribution < 1.29 is 24.4 Å². The van der Waals surface area contributed by atoms with E-state index in [-0.39, 0.29) is 36.6 Å². The Morgan fingerprint density at radius 2 is 1.90 bits per heavy atom. The second-order valence-electron chi connectivity index (χ2n) is 16.3. The first-order valence-corrected chi connectivity index (χ1v) is 18.7. The lowest BCUT2D eigenvalue weighted by molar-refractivity contribution is -0.127. The van der Waals surface area contributed by atoms with Gasteiger partial charge in [-0.2, -0.15) is 0 Å². The smallest absolute Gasteiger partial charge is 0.129 e. The Morgan fingerprint density at radius 1 is 1.10 bits per heavy atom. The zero-order valence-electron chi connectivity index (χ0n) is 30.8. The van der Waals surface area contributed by atoms with Gasteiger partial charge in [-0.3, -0.25) is 5.32 Å². The number of fused-ring (bicyclic) bond motifs is 2. The molecule has 0 amide bonds. The molecule has 2 bridgehead atoms. The summed E-state index contributed by atoms with van der Waals surface area (Å²) in [6.45, 7) is 11.7. The number of hydrogen-bond acceptors (Lipinski definition) is 9. The number of benzene rings is 2. The van der Waals surface area contributed by atoms with Crippen molar-refractivity contribution in [2.45, 2.75) is 103 Å². The van der Waals surface area contributed by atoms with Crippen molar-refractivity contribution in [3.05, 3.63) is 47.5 Å². The van der Waals surface area contributed by atoms with Crippen molar-refractivity contribution in [2.75, 3.05) is 45.8 Å². The van der Waals surface area contributed by atoms with Gasteiger partial charge in [0.05, 0.1) is 31.5 Å². The van der Waals surface area contributed by atoms with Crippen LogP contribution in [0.15, 0.2) is 36.4 Å². The third-order valence-electron chi connectivity index (χ3n) is 12.8. The summed E-state index contributed by atoms with van der Waals surface area (Å²) >= 11 is 0. The van der Waals surface area contributed by atoms with Crippen LogP contribution in [0.2, 0.25) is 0 Å². The fraction of sp³-hybridized carbons (Fsp3) is 0.700. The SMILES string of the molecule is COc1c(C[C@@H]2O[C@@H](CN)[C@@H]([C@H](C)O)[C@H]2C(O)N[C@H]2C[C@H]3C[C@@H]([C@@H]2C)C3(C)C)cccc1-c1cc(CNC[C@H]2CCCO2)cc(N(C)C)c1. The minimum absolute atomic E-state index is 0.232. The number of aliphatic hydroxyl groups is 2. The highest BCUT2D eigenvalue weighted by atomic mass is 16.5. The Morgan fingerprint density at radius 3 is 2.53 bits per heavy atom. The van der Waals surface area contributed by atoms with Crippen molar-refractivity contribution in [2.24, 2.45) is 40.7 Å². The average molecular weight is 679 g/mol. The number of hydrogen-bond donors (Lipinski definition) is 5. The Balaban J connectivity index is 1.25. The summed E-state index contributed by atoms with van der Waals surface area (Å²) in [6.07, 6.45) is 3.21. The first-order chi connectivity index (χ1) is 23.4. The molecule has 2 aromatic rings. The van der Waals surface area contributed by atoms with E-state index < -0.39 is 12.3 Å². The standard InChI is InChI=1S/C40H62N4O5/c1-23-32-18-28(40(32,3)4)19-33(23)43-39(46)37-34(49-35(20-41)36(37)24(2)45)17-26-10-8-12-31(38(26)47-7)27-14-25(15-29(16-27)44(5)6)21-42-22-30-11-9-13-48-30/h8,10,12,14-16,23-24,28,30,32-37,39,42-43,45-46H,9,11,13,17-22,41H2,1-7H3/t23-,24-,28+,30+,32-,33-,34-,35-,36+,37-,39?/m0/s1. The monoisotopic (exact) mass is 678 g/mol. The maximum absolute atomic E-state index is 12.0. The molecule has 2 aromatic carbocycles. The van der Waals surface area contributed by atoms with Crippen LogP contribution < -0.4 is 26.0 Å². The molecule has 5 fully saturated rings. The maximum atomic E-state index is 12.0. The van der Waals surface area contributed by atoms with Crippen LogP contribution in [0.25, 0.3) is 11.1 Å². The highest BCUT2D eigenvalue weighted by Gasteiger charge is 2.57. The maximum Gasteiger partial charge on any atom is 0.129 e. The van der Waals surface area contributed by atoms with Gasteiger partial charge in [0.2, 0.25) is 0 Å². The lowest BCUT2D eigenvalue weighted by Crippen LogP contribution is -2.62. The predicted molar refractivity (Wildman–Crippen MR) is 196 cm³/mol. The number of nitrogens with zero attached hydrogens (tertiary/aromatic N) is 1. The lowest BCUT2D eigenvalue weighted by atomic mass is 9.44. The molecule has 3 aliphatic carbocycles. The Labute approximate surface area is 294 Å². The van der Waals surface area contributed by atoms with Crippen LogP contribution in [0.1, 0.15) is 64.5 Å². The number of rotatable bonds is 14. The molecule has 2 aliphatic heterocycles. The summed E-state index contributed by atoms with van der Waals surface area (Å²) in [5.74, 6) is 1.98. The molecule has 9 heteroatoms. The van der Waals surface area contributed by atoms with Crippen LogP contribution in [0.4, 0.5) is 5.69 Å². The van der Waals surface area contributed by atoms with Gasteiger partial charge in [-0.05, 0) is 90.7 Å². The molecule has 0 radical (unpaired) electrons. The number of nitrogens with one attached hydrogen (secondary N) is 2. The summed E-state index contributed by atoms with van der Waals surface area (Å²) in [7, 11) is 5.86. The summed E-state index contributed by atoms with van der Waals surface area (Å²) in [5, 5.41) is 30.2. The molecule has 49 heavy (non-hydrogen) atoms. The van der Waals surface area contributed by atoms with Crippen LogP contribution >= 0.6 is 0 Å². The van der Waals surface area contributed by atoms with Crippen LogP contribution in [-0.4, -0.2) is 87.8 Å². The Bertz CT molecular complexity index is 1410. The van der Waals surface area contributed by atoms with Gasteiger partial charge in [-0.15, -0.1) is 0 Å². The van der Waals surface area contributed by atoms with Gasteiger partial charge < -0.3 is 40.4 Å². The van der Waals surface area contributed by atoms with Gasteiger partial charge >= 0.3 is 0 Å². The zero-order valence-corrected chi connectivity index (χ0v) is 30.8. The van der Waals surface area contributed by atoms with E-state index >= 15 is 0 Å². The van der Waals surface area contributed by atoms with E-state index in [4.69, 9.17) is 19.9 Å². The summed E-state index contributed by atoms with van der Waals surface area (Å²) < 4.78 is 18.6. The molecule has 272 valence electrons. The number of aliphatic hydroxyl groups excluding tert-OH is 2. The zero-order chi connectivity index (χ0) is 35.0. The highest BCUT2D eigenvalue weighted by molar-refractivity contribution is 5.76. The lowest BCUT2D eigenvalue weighted by Gasteiger charge is -2.62. The number of anilines is 1. The predicted octanol–water partition coefficient (Wildman–Crippen LogP) is 4.56. The minimum Gasteiger partial charge on any atom is -0.496 e. The fourth-order valence-electron chi connectivity index (χ4n) is 9.85. The molecule has 3 saturated carbocycles. The molecule has 2 saturated heterocycles. The first-order valence-electron chi connectivity index (χ1n) is 18.7. The quantitative estimate of drug-likeness (QED) is 0.183. The second kappa shape index (κ2) is 15.2. The number of para-hydroxylation sites is 1. The van der Waals surface area contributed by atoms with Gasteiger partial charge in [0.1, 0.15) is 12.0 Å². The van der Waals surface area contributed by atoms with Crippen LogP contribution in [0.3, 0.4) is 0 Å². The summed E-state index contributed by atoms with van der Waals surface area (Å²) in [5.41, 5.74) is 12.0. The van der Waals surface area contributed by atoms with Gasteiger partial charge in [0.15, 0.2) is 0 Å². The highest BCUT2D eigenvalue weighted by Crippen LogP contribution is 2.61. The molecule has 0 aromatic heterocycles. The van der Waals surface area contributed by atoms with E-state index in [9.17, 15) is 10.2 Å². The van der Waals surface area contributed by atoms with Gasteiger partial charge in [0, 0.05) is 75.9 Å². The third-order valence-corrected chi connectivity index (χ3v) is 12.8. The molecule has 0 spiro atoms. The molecule has 1 unspecified atom stereocenters. The first kappa shape index (κ1) is 36.5. The molecule has 9 nitrogen and oxygen atoms in total. The molecular weight excluding hydrogens is 616 g/mol. The molecule has 7 rings (SSSR count). The van der Waals surface area contributed by atoms with E-state index in [1.807, 2.05) is 0 Å². The van der Waals surface area contributed by atoms with Crippen molar-refractivity contribution in [3.63, 3.8) is 0 Å². The summed E-state index contributed by atoms with van der Waals surface area (Å²) in [6, 6.07) is 13.2. The summed E-state index contributed by atoms with van der Waals surface area (Å²) in [4.78, 5) is 2.13. The van der Waals surface area contributed by atoms with E-state index in [0.717, 1.165) is 67.1 Å². The Hall–Kier alpha value is -2.24. The molecular formula is C40H62N4O5. The minimum atomic E-state index is -0.829. The van der Waals surface area contributed by atoms with Crippen molar-refractivity contribution >= 4 is 5.69 Å². The third kappa shape index (κ3) is 7.41. The van der Waals surface area contributed by atoms with Gasteiger partial charge in [-0.1, -0.05) is 39.0 Å². The van der Waals surface area contributed by atoms with Gasteiger partial charge in [-0.25, -0.2) is 0 Å². The number of methoxy groups -OCH3 is 1. The topological polar surface area (TPSA) is 121 Å². The van der Waals surface area contributed by atoms with Crippen LogP contribution in [-0.2, 0) is 22.4 Å².